The second-order valence-corrected chi connectivity index (χ2v) is 3.33. The molecule has 4 nitrogen and oxygen atoms in total. The summed E-state index contributed by atoms with van der Waals surface area (Å²) >= 11 is 0. The Kier molecular flexibility index (Phi) is 1.21. The van der Waals surface area contributed by atoms with Crippen LogP contribution in [0.4, 0.5) is 0 Å². The Labute approximate surface area is 80.1 Å². The van der Waals surface area contributed by atoms with Gasteiger partial charge in [0.1, 0.15) is 0 Å². The molecule has 0 spiro atoms. The van der Waals surface area contributed by atoms with Gasteiger partial charge in [-0.15, -0.1) is 0 Å². The molecule has 2 N–H and O–H groups in total. The van der Waals surface area contributed by atoms with Crippen LogP contribution in [0.5, 0.6) is 0 Å². The molecule has 3 aromatic rings. The molecule has 0 fully saturated rings. The minimum absolute atomic E-state index is 0.710. The van der Waals surface area contributed by atoms with E-state index in [1.807, 2.05) is 41.9 Å². The molecular weight excluding hydrogens is 178 g/mol. The number of nitrogen functional groups attached to an aromatic ring is 1. The van der Waals surface area contributed by atoms with E-state index in [0.717, 1.165) is 16.6 Å². The van der Waals surface area contributed by atoms with Gasteiger partial charge in [-0.2, -0.15) is 0 Å². The number of pyridine rings is 1. The van der Waals surface area contributed by atoms with E-state index in [9.17, 15) is 0 Å². The van der Waals surface area contributed by atoms with Crippen LogP contribution in [0.2, 0.25) is 0 Å². The highest BCUT2D eigenvalue weighted by Gasteiger charge is 2.20. The van der Waals surface area contributed by atoms with Gasteiger partial charge in [0.2, 0.25) is 5.58 Å². The molecule has 3 heterocycles. The van der Waals surface area contributed by atoms with E-state index in [2.05, 4.69) is 0 Å². The summed E-state index contributed by atoms with van der Waals surface area (Å²) in [7, 11) is 0. The fourth-order valence-electron chi connectivity index (χ4n) is 1.73. The molecule has 3 aromatic heterocycles. The molecule has 0 aliphatic rings. The number of nitrogens with zero attached hydrogens (tertiary/aromatic N) is 2. The van der Waals surface area contributed by atoms with Crippen molar-refractivity contribution in [3.8, 4) is 0 Å². The van der Waals surface area contributed by atoms with Gasteiger partial charge < -0.3 is 8.82 Å². The third kappa shape index (κ3) is 0.750. The molecule has 14 heavy (non-hydrogen) atoms. The summed E-state index contributed by atoms with van der Waals surface area (Å²) in [5, 5.41) is 0. The number of rotatable bonds is 0. The van der Waals surface area contributed by atoms with Crippen LogP contribution in [0.25, 0.3) is 16.6 Å². The van der Waals surface area contributed by atoms with Gasteiger partial charge in [-0.1, -0.05) is 6.07 Å². The van der Waals surface area contributed by atoms with E-state index < -0.39 is 0 Å². The molecule has 0 saturated carbocycles. The average molecular weight is 188 g/mol. The first kappa shape index (κ1) is 7.44. The van der Waals surface area contributed by atoms with Crippen molar-refractivity contribution < 1.29 is 9.09 Å². The highest BCUT2D eigenvalue weighted by molar-refractivity contribution is 5.87. The van der Waals surface area contributed by atoms with Crippen molar-refractivity contribution in [3.63, 3.8) is 0 Å². The average Bonchev–Trinajstić information content (AvgIpc) is 2.67. The second-order valence-electron chi connectivity index (χ2n) is 3.33. The van der Waals surface area contributed by atoms with Gasteiger partial charge in [-0.25, -0.2) is 5.84 Å². The molecule has 4 heteroatoms. The van der Waals surface area contributed by atoms with Crippen LogP contribution in [0.15, 0.2) is 35.0 Å². The SMILES string of the molecule is Cc1oc2c3ccccn3cc2[n+]1N. The first-order valence-corrected chi connectivity index (χ1v) is 4.43. The summed E-state index contributed by atoms with van der Waals surface area (Å²) < 4.78 is 9.12. The van der Waals surface area contributed by atoms with Crippen molar-refractivity contribution in [1.82, 2.24) is 4.40 Å². The van der Waals surface area contributed by atoms with Crippen molar-refractivity contribution in [2.45, 2.75) is 6.92 Å². The minimum atomic E-state index is 0.710. The second kappa shape index (κ2) is 2.29. The van der Waals surface area contributed by atoms with Gasteiger partial charge in [0.05, 0.1) is 18.6 Å². The van der Waals surface area contributed by atoms with Gasteiger partial charge in [0, 0.05) is 6.20 Å². The van der Waals surface area contributed by atoms with Crippen LogP contribution in [-0.2, 0) is 0 Å². The van der Waals surface area contributed by atoms with Gasteiger partial charge in [0.15, 0.2) is 0 Å². The maximum Gasteiger partial charge on any atom is 0.373 e. The lowest BCUT2D eigenvalue weighted by Gasteiger charge is -1.89. The Morgan fingerprint density at radius 2 is 2.29 bits per heavy atom. The van der Waals surface area contributed by atoms with Gasteiger partial charge in [0.25, 0.3) is 5.52 Å². The smallest absolute Gasteiger partial charge is 0.373 e. The molecule has 0 saturated heterocycles. The molecule has 0 aliphatic heterocycles. The topological polar surface area (TPSA) is 47.5 Å². The third-order valence-corrected chi connectivity index (χ3v) is 2.47. The fraction of sp³-hybridized carbons (Fsp3) is 0.100. The monoisotopic (exact) mass is 188 g/mol. The highest BCUT2D eigenvalue weighted by atomic mass is 16.4. The molecule has 0 atom stereocenters. The Bertz CT molecular complexity index is 621. The van der Waals surface area contributed by atoms with Crippen LogP contribution >= 0.6 is 0 Å². The maximum atomic E-state index is 5.81. The van der Waals surface area contributed by atoms with Crippen molar-refractivity contribution in [3.05, 3.63) is 36.5 Å². The number of oxazole rings is 1. The van der Waals surface area contributed by atoms with E-state index >= 15 is 0 Å². The zero-order valence-corrected chi connectivity index (χ0v) is 7.77. The Balaban J connectivity index is 2.60. The molecule has 70 valence electrons. The minimum Gasteiger partial charge on any atom is -0.397 e. The Hall–Kier alpha value is -1.97. The highest BCUT2D eigenvalue weighted by Crippen LogP contribution is 2.20. The Morgan fingerprint density at radius 1 is 1.43 bits per heavy atom. The first-order chi connectivity index (χ1) is 6.77. The van der Waals surface area contributed by atoms with Crippen LogP contribution in [0.3, 0.4) is 0 Å². The van der Waals surface area contributed by atoms with E-state index in [4.69, 9.17) is 10.3 Å². The van der Waals surface area contributed by atoms with E-state index in [1.54, 1.807) is 4.68 Å². The maximum absolute atomic E-state index is 5.81. The lowest BCUT2D eigenvalue weighted by atomic mass is 10.4. The van der Waals surface area contributed by atoms with Crippen LogP contribution in [-0.4, -0.2) is 4.40 Å². The zero-order chi connectivity index (χ0) is 9.71. The summed E-state index contributed by atoms with van der Waals surface area (Å²) in [6.45, 7) is 1.85. The molecule has 0 aliphatic carbocycles. The summed E-state index contributed by atoms with van der Waals surface area (Å²) in [5.74, 6) is 6.52. The molecular formula is C10H10N3O+. The number of hydrogen-bond donors (Lipinski definition) is 1. The summed E-state index contributed by atoms with van der Waals surface area (Å²) in [6.07, 6.45) is 3.93. The van der Waals surface area contributed by atoms with Crippen LogP contribution in [0, 0.1) is 6.92 Å². The van der Waals surface area contributed by atoms with E-state index in [-0.39, 0.29) is 0 Å². The van der Waals surface area contributed by atoms with Crippen molar-refractivity contribution >= 4 is 16.6 Å². The zero-order valence-electron chi connectivity index (χ0n) is 7.77. The molecule has 0 bridgehead atoms. The third-order valence-electron chi connectivity index (χ3n) is 2.47. The summed E-state index contributed by atoms with van der Waals surface area (Å²) in [5.41, 5.74) is 2.79. The fourth-order valence-corrected chi connectivity index (χ4v) is 1.73. The molecule has 0 aromatic carbocycles. The van der Waals surface area contributed by atoms with Crippen molar-refractivity contribution in [2.75, 3.05) is 5.84 Å². The van der Waals surface area contributed by atoms with Gasteiger partial charge in [-0.05, 0) is 16.8 Å². The van der Waals surface area contributed by atoms with Gasteiger partial charge >= 0.3 is 5.89 Å². The molecule has 3 rings (SSSR count). The van der Waals surface area contributed by atoms with Crippen LogP contribution in [0.1, 0.15) is 5.89 Å². The molecule has 0 amide bonds. The lowest BCUT2D eigenvalue weighted by Crippen LogP contribution is -2.45. The number of aromatic nitrogens is 2. The quantitative estimate of drug-likeness (QED) is 0.422. The lowest BCUT2D eigenvalue weighted by molar-refractivity contribution is -0.624. The standard InChI is InChI=1S/C10H10N3O/c1-7-13(11)9-6-12-5-3-2-4-8(12)10(9)14-7/h2-6H,11H2,1H3/q+1. The molecule has 0 unspecified atom stereocenters. The molecule has 0 radical (unpaired) electrons. The summed E-state index contributed by atoms with van der Waals surface area (Å²) in [6, 6.07) is 5.96. The number of nitrogens with two attached hydrogens (primary N) is 1. The van der Waals surface area contributed by atoms with Crippen LogP contribution < -0.4 is 10.5 Å². The van der Waals surface area contributed by atoms with E-state index in [0.29, 0.717) is 5.89 Å². The van der Waals surface area contributed by atoms with Crippen molar-refractivity contribution in [2.24, 2.45) is 0 Å². The van der Waals surface area contributed by atoms with Gasteiger partial charge in [-0.3, -0.25) is 0 Å². The number of fused-ring (bicyclic) bond motifs is 3. The number of aryl methyl sites for hydroxylation is 1. The Morgan fingerprint density at radius 3 is 3.14 bits per heavy atom. The normalized spacial score (nSPS) is 11.5. The largest absolute Gasteiger partial charge is 0.397 e. The first-order valence-electron chi connectivity index (χ1n) is 4.43. The van der Waals surface area contributed by atoms with E-state index in [1.165, 1.54) is 0 Å². The van der Waals surface area contributed by atoms with Crippen molar-refractivity contribution in [1.29, 1.82) is 0 Å². The summed E-state index contributed by atoms with van der Waals surface area (Å²) in [4.78, 5) is 0. The predicted octanol–water partition coefficient (Wildman–Crippen LogP) is 0.995. The predicted molar refractivity (Wildman–Crippen MR) is 52.3 cm³/mol. The number of hydrogen-bond acceptors (Lipinski definition) is 2.